The Morgan fingerprint density at radius 3 is 2.62 bits per heavy atom. The third kappa shape index (κ3) is 5.27. The number of alkyl halides is 5. The number of nitrogens with zero attached hydrogens (tertiary/aromatic N) is 5. The van der Waals surface area contributed by atoms with Gasteiger partial charge in [0.2, 0.25) is 5.88 Å². The standard InChI is InChI=1S/C24H15ClF5N5O4/c1-34(14-5-6-17-18(10-14)39-24(29,30)38-17)22(36)13-3-2-4-15(9-13)35-16(12-37-19-11-31-7-8-32-19)20(25)21(33-35)23(26,27)28/h2-11H,12H2,1H3. The molecule has 202 valence electrons. The van der Waals surface area contributed by atoms with Crippen LogP contribution in [0.2, 0.25) is 5.02 Å². The van der Waals surface area contributed by atoms with Crippen LogP contribution in [0, 0.1) is 0 Å². The molecular weight excluding hydrogens is 553 g/mol. The van der Waals surface area contributed by atoms with Crippen LogP contribution in [0.15, 0.2) is 61.1 Å². The number of carbonyl (C=O) groups is 1. The maximum Gasteiger partial charge on any atom is 0.586 e. The van der Waals surface area contributed by atoms with Crippen LogP contribution in [-0.4, -0.2) is 39.0 Å². The average Bonchev–Trinajstić information content (AvgIpc) is 3.41. The minimum Gasteiger partial charge on any atom is -0.470 e. The van der Waals surface area contributed by atoms with Crippen molar-refractivity contribution in [2.45, 2.75) is 19.1 Å². The SMILES string of the molecule is CN(C(=O)c1cccc(-n2nc(C(F)(F)F)c(Cl)c2COc2cnccn2)c1)c1ccc2c(c1)OC(F)(F)O2. The summed E-state index contributed by atoms with van der Waals surface area (Å²) >= 11 is 6.06. The van der Waals surface area contributed by atoms with E-state index in [0.29, 0.717) is 0 Å². The number of ether oxygens (including phenoxy) is 3. The second-order valence-electron chi connectivity index (χ2n) is 8.06. The van der Waals surface area contributed by atoms with Crippen molar-refractivity contribution in [2.75, 3.05) is 11.9 Å². The van der Waals surface area contributed by atoms with Crippen molar-refractivity contribution in [1.29, 1.82) is 0 Å². The first-order valence-electron chi connectivity index (χ1n) is 10.9. The summed E-state index contributed by atoms with van der Waals surface area (Å²) in [5, 5.41) is 2.95. The molecule has 2 aromatic heterocycles. The number of hydrogen-bond acceptors (Lipinski definition) is 7. The second kappa shape index (κ2) is 9.69. The van der Waals surface area contributed by atoms with Gasteiger partial charge < -0.3 is 19.1 Å². The highest BCUT2D eigenvalue weighted by molar-refractivity contribution is 6.32. The molecule has 0 N–H and O–H groups in total. The average molecular weight is 568 g/mol. The molecular formula is C24H15ClF5N5O4. The molecule has 0 radical (unpaired) electrons. The lowest BCUT2D eigenvalue weighted by atomic mass is 10.1. The third-order valence-electron chi connectivity index (χ3n) is 5.50. The van der Waals surface area contributed by atoms with E-state index in [2.05, 4.69) is 24.5 Å². The van der Waals surface area contributed by atoms with E-state index in [1.54, 1.807) is 0 Å². The lowest BCUT2D eigenvalue weighted by Gasteiger charge is -2.18. The van der Waals surface area contributed by atoms with E-state index < -0.39 is 35.7 Å². The van der Waals surface area contributed by atoms with Crippen LogP contribution in [0.4, 0.5) is 27.6 Å². The van der Waals surface area contributed by atoms with Crippen LogP contribution in [0.1, 0.15) is 21.7 Å². The fourth-order valence-electron chi connectivity index (χ4n) is 3.68. The highest BCUT2D eigenvalue weighted by atomic mass is 35.5. The van der Waals surface area contributed by atoms with E-state index in [4.69, 9.17) is 16.3 Å². The molecule has 0 fully saturated rings. The van der Waals surface area contributed by atoms with Gasteiger partial charge in [0.15, 0.2) is 17.2 Å². The van der Waals surface area contributed by atoms with Gasteiger partial charge in [0, 0.05) is 36.8 Å². The summed E-state index contributed by atoms with van der Waals surface area (Å²) in [6.07, 6.45) is -4.69. The first-order chi connectivity index (χ1) is 18.4. The molecule has 0 saturated carbocycles. The largest absolute Gasteiger partial charge is 0.586 e. The number of rotatable bonds is 6. The Morgan fingerprint density at radius 2 is 1.90 bits per heavy atom. The maximum atomic E-state index is 13.6. The number of benzene rings is 2. The third-order valence-corrected chi connectivity index (χ3v) is 5.89. The summed E-state index contributed by atoms with van der Waals surface area (Å²) in [7, 11) is 1.39. The van der Waals surface area contributed by atoms with E-state index in [-0.39, 0.29) is 40.0 Å². The van der Waals surface area contributed by atoms with E-state index >= 15 is 0 Å². The van der Waals surface area contributed by atoms with Gasteiger partial charge in [-0.05, 0) is 30.3 Å². The van der Waals surface area contributed by atoms with Crippen molar-refractivity contribution in [3.63, 3.8) is 0 Å². The minimum atomic E-state index is -4.87. The van der Waals surface area contributed by atoms with Crippen LogP contribution < -0.4 is 19.1 Å². The normalized spacial score (nSPS) is 13.8. The molecule has 0 unspecified atom stereocenters. The topological polar surface area (TPSA) is 91.6 Å². The zero-order valence-electron chi connectivity index (χ0n) is 19.6. The molecule has 4 aromatic rings. The molecule has 1 aliphatic heterocycles. The van der Waals surface area contributed by atoms with Crippen LogP contribution in [0.5, 0.6) is 17.4 Å². The van der Waals surface area contributed by atoms with Gasteiger partial charge in [-0.15, -0.1) is 8.78 Å². The zero-order chi connectivity index (χ0) is 27.9. The number of aromatic nitrogens is 4. The molecule has 0 spiro atoms. The summed E-state index contributed by atoms with van der Waals surface area (Å²) in [6.45, 7) is -0.444. The molecule has 9 nitrogen and oxygen atoms in total. The fraction of sp³-hybridized carbons (Fsp3) is 0.167. The number of hydrogen-bond donors (Lipinski definition) is 0. The van der Waals surface area contributed by atoms with Crippen LogP contribution in [0.3, 0.4) is 0 Å². The van der Waals surface area contributed by atoms with Gasteiger partial charge in [-0.25, -0.2) is 9.67 Å². The zero-order valence-corrected chi connectivity index (χ0v) is 20.4. The van der Waals surface area contributed by atoms with Gasteiger partial charge in [0.25, 0.3) is 5.91 Å². The van der Waals surface area contributed by atoms with Crippen LogP contribution >= 0.6 is 11.6 Å². The Labute approximate surface area is 221 Å². The molecule has 0 saturated heterocycles. The maximum absolute atomic E-state index is 13.6. The van der Waals surface area contributed by atoms with Crippen molar-refractivity contribution >= 4 is 23.2 Å². The van der Waals surface area contributed by atoms with E-state index in [1.807, 2.05) is 0 Å². The fourth-order valence-corrected chi connectivity index (χ4v) is 3.96. The molecule has 0 aliphatic carbocycles. The number of anilines is 1. The minimum absolute atomic E-state index is 0.0434. The Kier molecular flexibility index (Phi) is 6.50. The summed E-state index contributed by atoms with van der Waals surface area (Å²) in [5.41, 5.74) is -1.16. The van der Waals surface area contributed by atoms with Gasteiger partial charge >= 0.3 is 12.5 Å². The predicted octanol–water partition coefficient (Wildman–Crippen LogP) is 5.51. The molecule has 5 rings (SSSR count). The Balaban J connectivity index is 1.46. The molecule has 3 heterocycles. The number of halogens is 6. The highest BCUT2D eigenvalue weighted by Crippen LogP contribution is 2.43. The van der Waals surface area contributed by atoms with E-state index in [0.717, 1.165) is 9.58 Å². The number of fused-ring (bicyclic) bond motifs is 1. The molecule has 0 bridgehead atoms. The summed E-state index contributed by atoms with van der Waals surface area (Å²) in [6, 6.07) is 9.38. The lowest BCUT2D eigenvalue weighted by molar-refractivity contribution is -0.286. The Hall–Kier alpha value is -4.46. The van der Waals surface area contributed by atoms with Gasteiger partial charge in [-0.1, -0.05) is 17.7 Å². The van der Waals surface area contributed by atoms with Crippen LogP contribution in [0.25, 0.3) is 5.69 Å². The van der Waals surface area contributed by atoms with Crippen molar-refractivity contribution < 1.29 is 41.0 Å². The predicted molar refractivity (Wildman–Crippen MR) is 125 cm³/mol. The van der Waals surface area contributed by atoms with E-state index in [9.17, 15) is 26.7 Å². The molecule has 15 heteroatoms. The second-order valence-corrected chi connectivity index (χ2v) is 8.44. The van der Waals surface area contributed by atoms with Crippen molar-refractivity contribution in [2.24, 2.45) is 0 Å². The summed E-state index contributed by atoms with van der Waals surface area (Å²) in [4.78, 5) is 22.1. The van der Waals surface area contributed by atoms with Crippen molar-refractivity contribution in [3.05, 3.63) is 83.0 Å². The number of amides is 1. The molecule has 2 aromatic carbocycles. The van der Waals surface area contributed by atoms with Gasteiger partial charge in [0.05, 0.1) is 16.9 Å². The monoisotopic (exact) mass is 567 g/mol. The Bertz CT molecular complexity index is 1550. The van der Waals surface area contributed by atoms with Gasteiger partial charge in [0.1, 0.15) is 12.3 Å². The summed E-state index contributed by atoms with van der Waals surface area (Å²) in [5.74, 6) is -1.01. The Morgan fingerprint density at radius 1 is 1.13 bits per heavy atom. The molecule has 39 heavy (non-hydrogen) atoms. The first kappa shape index (κ1) is 26.2. The quantitative estimate of drug-likeness (QED) is 0.284. The van der Waals surface area contributed by atoms with E-state index in [1.165, 1.54) is 68.1 Å². The highest BCUT2D eigenvalue weighted by Gasteiger charge is 2.43. The molecule has 0 atom stereocenters. The molecule has 1 amide bonds. The summed E-state index contributed by atoms with van der Waals surface area (Å²) < 4.78 is 82.7. The smallest absolute Gasteiger partial charge is 0.470 e. The van der Waals surface area contributed by atoms with Crippen molar-refractivity contribution in [3.8, 4) is 23.1 Å². The lowest BCUT2D eigenvalue weighted by Crippen LogP contribution is -2.26. The van der Waals surface area contributed by atoms with Gasteiger partial charge in [-0.2, -0.15) is 18.3 Å². The number of carbonyl (C=O) groups excluding carboxylic acids is 1. The first-order valence-corrected chi connectivity index (χ1v) is 11.3. The van der Waals surface area contributed by atoms with Crippen molar-refractivity contribution in [1.82, 2.24) is 19.7 Å². The van der Waals surface area contributed by atoms with Gasteiger partial charge in [-0.3, -0.25) is 9.78 Å². The molecule has 1 aliphatic rings. The van der Waals surface area contributed by atoms with Crippen LogP contribution in [-0.2, 0) is 12.8 Å².